The number of hydrogen-bond acceptors (Lipinski definition) is 4. The maximum absolute atomic E-state index is 13.0. The predicted molar refractivity (Wildman–Crippen MR) is 104 cm³/mol. The minimum absolute atomic E-state index is 0.211. The average molecular weight is 364 g/mol. The van der Waals surface area contributed by atoms with Gasteiger partial charge in [0.25, 0.3) is 5.91 Å². The summed E-state index contributed by atoms with van der Waals surface area (Å²) in [6.07, 6.45) is 0. The van der Waals surface area contributed by atoms with Crippen LogP contribution in [0, 0.1) is 19.7 Å². The maximum Gasteiger partial charge on any atom is 0.251 e. The van der Waals surface area contributed by atoms with E-state index in [2.05, 4.69) is 20.6 Å². The molecule has 6 heteroatoms. The molecule has 1 heterocycles. The van der Waals surface area contributed by atoms with Crippen molar-refractivity contribution in [2.24, 2.45) is 0 Å². The van der Waals surface area contributed by atoms with Crippen molar-refractivity contribution in [1.82, 2.24) is 15.3 Å². The number of amides is 1. The molecule has 1 atom stereocenters. The maximum atomic E-state index is 13.0. The van der Waals surface area contributed by atoms with Crippen LogP contribution in [0.25, 0.3) is 0 Å². The molecule has 0 aliphatic heterocycles. The second-order valence-corrected chi connectivity index (χ2v) is 6.43. The Bertz CT molecular complexity index is 936. The number of nitrogens with zero attached hydrogens (tertiary/aromatic N) is 2. The Hall–Kier alpha value is -3.28. The van der Waals surface area contributed by atoms with E-state index in [9.17, 15) is 9.18 Å². The van der Waals surface area contributed by atoms with Crippen LogP contribution in [0.1, 0.15) is 40.3 Å². The minimum atomic E-state index is -0.301. The van der Waals surface area contributed by atoms with Crippen LogP contribution < -0.4 is 10.6 Å². The molecular formula is C21H21FN4O. The molecule has 27 heavy (non-hydrogen) atoms. The molecule has 3 rings (SSSR count). The monoisotopic (exact) mass is 364 g/mol. The molecule has 0 aliphatic rings. The fraction of sp³-hybridized carbons (Fsp3) is 0.190. The standard InChI is InChI=1S/C21H21FN4O/c1-13-11-14(2)24-21(23-13)26-19-6-4-5-17(12-19)20(27)25-15(3)16-7-9-18(22)10-8-16/h4-12,15H,1-3H3,(H,25,27)(H,23,24,26)/t15-/m1/s1. The smallest absolute Gasteiger partial charge is 0.251 e. The molecule has 5 nitrogen and oxygen atoms in total. The molecule has 138 valence electrons. The SMILES string of the molecule is Cc1cc(C)nc(Nc2cccc(C(=O)N[C@H](C)c3ccc(F)cc3)c2)n1. The quantitative estimate of drug-likeness (QED) is 0.701. The Labute approximate surface area is 157 Å². The van der Waals surface area contributed by atoms with Gasteiger partial charge in [-0.05, 0) is 62.7 Å². The summed E-state index contributed by atoms with van der Waals surface area (Å²) in [6.45, 7) is 5.66. The lowest BCUT2D eigenvalue weighted by molar-refractivity contribution is 0.0940. The number of halogens is 1. The number of aromatic nitrogens is 2. The van der Waals surface area contributed by atoms with Gasteiger partial charge in [0.05, 0.1) is 6.04 Å². The number of carbonyl (C=O) groups is 1. The van der Waals surface area contributed by atoms with Gasteiger partial charge in [-0.3, -0.25) is 4.79 Å². The van der Waals surface area contributed by atoms with Gasteiger partial charge in [-0.25, -0.2) is 14.4 Å². The third kappa shape index (κ3) is 4.88. The second-order valence-electron chi connectivity index (χ2n) is 6.43. The Kier molecular flexibility index (Phi) is 5.45. The van der Waals surface area contributed by atoms with Crippen molar-refractivity contribution < 1.29 is 9.18 Å². The van der Waals surface area contributed by atoms with Gasteiger partial charge in [-0.2, -0.15) is 0 Å². The summed E-state index contributed by atoms with van der Waals surface area (Å²) in [5, 5.41) is 6.05. The van der Waals surface area contributed by atoms with Gasteiger partial charge in [-0.1, -0.05) is 18.2 Å². The van der Waals surface area contributed by atoms with E-state index in [1.807, 2.05) is 32.9 Å². The first-order valence-corrected chi connectivity index (χ1v) is 8.66. The van der Waals surface area contributed by atoms with Crippen molar-refractivity contribution in [2.75, 3.05) is 5.32 Å². The highest BCUT2D eigenvalue weighted by Gasteiger charge is 2.12. The molecule has 1 amide bonds. The fourth-order valence-corrected chi connectivity index (χ4v) is 2.76. The van der Waals surface area contributed by atoms with Crippen LogP contribution in [-0.4, -0.2) is 15.9 Å². The second kappa shape index (κ2) is 7.95. The van der Waals surface area contributed by atoms with E-state index in [4.69, 9.17) is 0 Å². The van der Waals surface area contributed by atoms with Crippen molar-refractivity contribution in [3.8, 4) is 0 Å². The number of aryl methyl sites for hydroxylation is 2. The van der Waals surface area contributed by atoms with Crippen molar-refractivity contribution in [2.45, 2.75) is 26.8 Å². The topological polar surface area (TPSA) is 66.9 Å². The van der Waals surface area contributed by atoms with Crippen molar-refractivity contribution >= 4 is 17.5 Å². The van der Waals surface area contributed by atoms with Gasteiger partial charge in [-0.15, -0.1) is 0 Å². The molecule has 3 aromatic rings. The number of benzene rings is 2. The summed E-state index contributed by atoms with van der Waals surface area (Å²) < 4.78 is 13.0. The van der Waals surface area contributed by atoms with Crippen LogP contribution in [0.4, 0.5) is 16.0 Å². The summed E-state index contributed by atoms with van der Waals surface area (Å²) in [4.78, 5) is 21.3. The van der Waals surface area contributed by atoms with Crippen LogP contribution in [0.15, 0.2) is 54.6 Å². The van der Waals surface area contributed by atoms with E-state index in [0.29, 0.717) is 11.5 Å². The first-order chi connectivity index (χ1) is 12.9. The Morgan fingerprint density at radius 3 is 2.33 bits per heavy atom. The van der Waals surface area contributed by atoms with Crippen LogP contribution in [0.3, 0.4) is 0 Å². The minimum Gasteiger partial charge on any atom is -0.346 e. The van der Waals surface area contributed by atoms with Crippen molar-refractivity contribution in [1.29, 1.82) is 0 Å². The molecule has 0 unspecified atom stereocenters. The number of anilines is 2. The molecular weight excluding hydrogens is 343 g/mol. The van der Waals surface area contributed by atoms with Gasteiger partial charge in [0.2, 0.25) is 5.95 Å². The summed E-state index contributed by atoms with van der Waals surface area (Å²) in [5.74, 6) is -0.0220. The average Bonchev–Trinajstić information content (AvgIpc) is 2.61. The number of carbonyl (C=O) groups excluding carboxylic acids is 1. The highest BCUT2D eigenvalue weighted by Crippen LogP contribution is 2.18. The van der Waals surface area contributed by atoms with Gasteiger partial charge in [0, 0.05) is 22.6 Å². The van der Waals surface area contributed by atoms with Gasteiger partial charge >= 0.3 is 0 Å². The third-order valence-electron chi connectivity index (χ3n) is 4.08. The van der Waals surface area contributed by atoms with Gasteiger partial charge in [0.1, 0.15) is 5.82 Å². The lowest BCUT2D eigenvalue weighted by atomic mass is 10.1. The normalized spacial score (nSPS) is 11.7. The van der Waals surface area contributed by atoms with E-state index < -0.39 is 0 Å². The molecule has 2 N–H and O–H groups in total. The zero-order valence-electron chi connectivity index (χ0n) is 15.5. The van der Waals surface area contributed by atoms with E-state index in [-0.39, 0.29) is 17.8 Å². The molecule has 2 aromatic carbocycles. The van der Waals surface area contributed by atoms with Crippen molar-refractivity contribution in [3.05, 3.63) is 82.9 Å². The Morgan fingerprint density at radius 2 is 1.67 bits per heavy atom. The molecule has 1 aromatic heterocycles. The zero-order valence-corrected chi connectivity index (χ0v) is 15.5. The number of nitrogens with one attached hydrogen (secondary N) is 2. The molecule has 0 fully saturated rings. The Morgan fingerprint density at radius 1 is 1.00 bits per heavy atom. The van der Waals surface area contributed by atoms with Crippen LogP contribution in [0.2, 0.25) is 0 Å². The van der Waals surface area contributed by atoms with Crippen LogP contribution in [0.5, 0.6) is 0 Å². The van der Waals surface area contributed by atoms with Crippen LogP contribution >= 0.6 is 0 Å². The van der Waals surface area contributed by atoms with E-state index in [0.717, 1.165) is 22.6 Å². The van der Waals surface area contributed by atoms with Crippen LogP contribution in [-0.2, 0) is 0 Å². The first kappa shape index (κ1) is 18.5. The zero-order chi connectivity index (χ0) is 19.4. The van der Waals surface area contributed by atoms with Gasteiger partial charge < -0.3 is 10.6 Å². The summed E-state index contributed by atoms with van der Waals surface area (Å²) in [5.41, 5.74) is 3.81. The lowest BCUT2D eigenvalue weighted by Gasteiger charge is -2.15. The molecule has 0 saturated heterocycles. The lowest BCUT2D eigenvalue weighted by Crippen LogP contribution is -2.26. The molecule has 0 bridgehead atoms. The fourth-order valence-electron chi connectivity index (χ4n) is 2.76. The summed E-state index contributed by atoms with van der Waals surface area (Å²) in [7, 11) is 0. The highest BCUT2D eigenvalue weighted by atomic mass is 19.1. The number of rotatable bonds is 5. The molecule has 0 aliphatic carbocycles. The van der Waals surface area contributed by atoms with Gasteiger partial charge in [0.15, 0.2) is 0 Å². The predicted octanol–water partition coefficient (Wildman–Crippen LogP) is 4.47. The number of hydrogen-bond donors (Lipinski definition) is 2. The molecule has 0 spiro atoms. The van der Waals surface area contributed by atoms with E-state index in [1.54, 1.807) is 30.3 Å². The first-order valence-electron chi connectivity index (χ1n) is 8.66. The third-order valence-corrected chi connectivity index (χ3v) is 4.08. The summed E-state index contributed by atoms with van der Waals surface area (Å²) >= 11 is 0. The van der Waals surface area contributed by atoms with E-state index >= 15 is 0 Å². The largest absolute Gasteiger partial charge is 0.346 e. The summed E-state index contributed by atoms with van der Waals surface area (Å²) in [6, 6.07) is 14.9. The highest BCUT2D eigenvalue weighted by molar-refractivity contribution is 5.95. The van der Waals surface area contributed by atoms with E-state index in [1.165, 1.54) is 12.1 Å². The molecule has 0 radical (unpaired) electrons. The van der Waals surface area contributed by atoms with Crippen molar-refractivity contribution in [3.63, 3.8) is 0 Å². The molecule has 0 saturated carbocycles. The Balaban J connectivity index is 1.72.